The molecule has 2 aliphatic rings. The van der Waals surface area contributed by atoms with Crippen LogP contribution in [-0.2, 0) is 4.79 Å². The molecular weight excluding hydrogens is 424 g/mol. The molecule has 6 heteroatoms. The second kappa shape index (κ2) is 8.64. The highest BCUT2D eigenvalue weighted by Crippen LogP contribution is 2.38. The van der Waals surface area contributed by atoms with E-state index in [9.17, 15) is 4.79 Å². The largest absolute Gasteiger partial charge is 0.497 e. The summed E-state index contributed by atoms with van der Waals surface area (Å²) in [5, 5.41) is 2.96. The molecule has 166 valence electrons. The molecule has 5 nitrogen and oxygen atoms in total. The van der Waals surface area contributed by atoms with Gasteiger partial charge in [0.05, 0.1) is 25.3 Å². The minimum absolute atomic E-state index is 0.101. The smallest absolute Gasteiger partial charge is 0.151 e. The highest BCUT2D eigenvalue weighted by molar-refractivity contribution is 6.32. The Labute approximate surface area is 193 Å². The van der Waals surface area contributed by atoms with Crippen LogP contribution >= 0.6 is 11.6 Å². The number of fused-ring (bicyclic) bond motifs is 2. The molecular formula is C26H27ClN2O3. The van der Waals surface area contributed by atoms with Crippen LogP contribution < -0.4 is 14.4 Å². The molecule has 0 bridgehead atoms. The molecule has 32 heavy (non-hydrogen) atoms. The number of carbonyl (C=O) groups is 1. The van der Waals surface area contributed by atoms with E-state index in [1.807, 2.05) is 24.3 Å². The number of hydrogen-bond donors (Lipinski definition) is 0. The lowest BCUT2D eigenvalue weighted by atomic mass is 9.87. The van der Waals surface area contributed by atoms with E-state index in [0.29, 0.717) is 29.5 Å². The van der Waals surface area contributed by atoms with E-state index < -0.39 is 0 Å². The number of Topliss-reactive ketones (excluding diaryl/α,β-unsaturated/α-hetero) is 1. The number of ether oxygens (including phenoxy) is 2. The summed E-state index contributed by atoms with van der Waals surface area (Å²) in [7, 11) is 3.31. The monoisotopic (exact) mass is 450 g/mol. The maximum atomic E-state index is 12.9. The molecule has 0 aliphatic carbocycles. The van der Waals surface area contributed by atoms with Crippen molar-refractivity contribution in [1.82, 2.24) is 4.90 Å². The van der Waals surface area contributed by atoms with E-state index in [4.69, 9.17) is 21.1 Å². The van der Waals surface area contributed by atoms with Crippen molar-refractivity contribution in [2.24, 2.45) is 0 Å². The molecule has 0 amide bonds. The summed E-state index contributed by atoms with van der Waals surface area (Å²) in [4.78, 5) is 17.6. The number of methoxy groups -OCH3 is 2. The summed E-state index contributed by atoms with van der Waals surface area (Å²) in [5.41, 5.74) is 2.32. The Kier molecular flexibility index (Phi) is 5.70. The first-order chi connectivity index (χ1) is 15.6. The SMILES string of the molecule is COc1ccc2cc(C3CCC(=O)C4CN(c5ccc(Cl)c(OC)c5)CCN43)ccc2c1. The summed E-state index contributed by atoms with van der Waals surface area (Å²) in [6.07, 6.45) is 1.48. The second-order valence-corrected chi connectivity index (χ2v) is 8.92. The number of nitrogens with zero attached hydrogens (tertiary/aromatic N) is 2. The normalized spacial score (nSPS) is 21.5. The minimum Gasteiger partial charge on any atom is -0.497 e. The first-order valence-electron chi connectivity index (χ1n) is 11.0. The highest BCUT2D eigenvalue weighted by Gasteiger charge is 2.40. The van der Waals surface area contributed by atoms with Crippen LogP contribution in [0.15, 0.2) is 54.6 Å². The van der Waals surface area contributed by atoms with Gasteiger partial charge in [-0.3, -0.25) is 9.69 Å². The maximum Gasteiger partial charge on any atom is 0.151 e. The molecule has 0 aromatic heterocycles. The van der Waals surface area contributed by atoms with E-state index in [-0.39, 0.29) is 12.1 Å². The molecule has 5 rings (SSSR count). The fourth-order valence-corrected chi connectivity index (χ4v) is 5.28. The van der Waals surface area contributed by atoms with Gasteiger partial charge in [-0.05, 0) is 53.1 Å². The zero-order chi connectivity index (χ0) is 22.2. The van der Waals surface area contributed by atoms with Crippen LogP contribution in [0.2, 0.25) is 5.02 Å². The summed E-state index contributed by atoms with van der Waals surface area (Å²) in [6, 6.07) is 18.8. The molecule has 3 aromatic carbocycles. The summed E-state index contributed by atoms with van der Waals surface area (Å²) >= 11 is 6.20. The number of rotatable bonds is 4. The second-order valence-electron chi connectivity index (χ2n) is 8.51. The number of anilines is 1. The number of piperazine rings is 1. The van der Waals surface area contributed by atoms with Gasteiger partial charge in [0, 0.05) is 43.9 Å². The Balaban J connectivity index is 1.40. The number of piperidine rings is 1. The summed E-state index contributed by atoms with van der Waals surface area (Å²) < 4.78 is 10.7. The van der Waals surface area contributed by atoms with Crippen LogP contribution in [0.4, 0.5) is 5.69 Å². The Hall–Kier alpha value is -2.76. The molecule has 2 saturated heterocycles. The van der Waals surface area contributed by atoms with Crippen molar-refractivity contribution >= 4 is 33.8 Å². The van der Waals surface area contributed by atoms with Gasteiger partial charge in [-0.1, -0.05) is 29.8 Å². The van der Waals surface area contributed by atoms with E-state index in [1.54, 1.807) is 14.2 Å². The van der Waals surface area contributed by atoms with Gasteiger partial charge in [-0.25, -0.2) is 0 Å². The maximum absolute atomic E-state index is 12.9. The third-order valence-electron chi connectivity index (χ3n) is 6.81. The van der Waals surface area contributed by atoms with Crippen molar-refractivity contribution in [3.05, 3.63) is 65.2 Å². The lowest BCUT2D eigenvalue weighted by molar-refractivity contribution is -0.129. The average molecular weight is 451 g/mol. The van der Waals surface area contributed by atoms with Crippen molar-refractivity contribution in [1.29, 1.82) is 0 Å². The van der Waals surface area contributed by atoms with Crippen LogP contribution in [0, 0.1) is 0 Å². The van der Waals surface area contributed by atoms with Gasteiger partial charge in [0.1, 0.15) is 11.5 Å². The van der Waals surface area contributed by atoms with E-state index in [0.717, 1.165) is 36.3 Å². The molecule has 0 spiro atoms. The molecule has 0 N–H and O–H groups in total. The quantitative estimate of drug-likeness (QED) is 0.552. The zero-order valence-electron chi connectivity index (χ0n) is 18.4. The topological polar surface area (TPSA) is 42.0 Å². The van der Waals surface area contributed by atoms with Gasteiger partial charge in [-0.2, -0.15) is 0 Å². The van der Waals surface area contributed by atoms with Gasteiger partial charge in [0.15, 0.2) is 5.78 Å². The van der Waals surface area contributed by atoms with Gasteiger partial charge in [-0.15, -0.1) is 0 Å². The fraction of sp³-hybridized carbons (Fsp3) is 0.346. The Morgan fingerprint density at radius 2 is 1.72 bits per heavy atom. The third kappa shape index (κ3) is 3.80. The number of ketones is 1. The van der Waals surface area contributed by atoms with Crippen molar-refractivity contribution in [2.75, 3.05) is 38.8 Å². The summed E-state index contributed by atoms with van der Waals surface area (Å²) in [5.74, 6) is 1.85. The molecule has 0 radical (unpaired) electrons. The van der Waals surface area contributed by atoms with Gasteiger partial charge < -0.3 is 14.4 Å². The van der Waals surface area contributed by atoms with E-state index >= 15 is 0 Å². The standard InChI is InChI=1S/C26H27ClN2O3/c1-31-21-7-5-17-13-19(4-3-18(17)14-21)23-9-10-25(30)24-16-28(11-12-29(23)24)20-6-8-22(27)26(15-20)32-2/h3-8,13-15,23-24H,9-12,16H2,1-2H3. The van der Waals surface area contributed by atoms with Crippen LogP contribution in [0.1, 0.15) is 24.4 Å². The van der Waals surface area contributed by atoms with Crippen molar-refractivity contribution < 1.29 is 14.3 Å². The Morgan fingerprint density at radius 1 is 0.906 bits per heavy atom. The minimum atomic E-state index is -0.101. The zero-order valence-corrected chi connectivity index (χ0v) is 19.1. The molecule has 2 fully saturated rings. The van der Waals surface area contributed by atoms with E-state index in [2.05, 4.69) is 40.1 Å². The van der Waals surface area contributed by atoms with Crippen molar-refractivity contribution in [2.45, 2.75) is 24.9 Å². The number of carbonyl (C=O) groups excluding carboxylic acids is 1. The lowest BCUT2D eigenvalue weighted by Gasteiger charge is -2.48. The summed E-state index contributed by atoms with van der Waals surface area (Å²) in [6.45, 7) is 2.38. The number of hydrogen-bond acceptors (Lipinski definition) is 5. The predicted molar refractivity (Wildman–Crippen MR) is 128 cm³/mol. The van der Waals surface area contributed by atoms with Crippen LogP contribution in [0.5, 0.6) is 11.5 Å². The van der Waals surface area contributed by atoms with Gasteiger partial charge >= 0.3 is 0 Å². The lowest BCUT2D eigenvalue weighted by Crippen LogP contribution is -2.59. The molecule has 3 aromatic rings. The van der Waals surface area contributed by atoms with Crippen LogP contribution in [0.25, 0.3) is 10.8 Å². The fourth-order valence-electron chi connectivity index (χ4n) is 5.08. The van der Waals surface area contributed by atoms with E-state index in [1.165, 1.54) is 10.9 Å². The average Bonchev–Trinajstić information content (AvgIpc) is 2.84. The van der Waals surface area contributed by atoms with Crippen LogP contribution in [-0.4, -0.2) is 50.6 Å². The van der Waals surface area contributed by atoms with Gasteiger partial charge in [0.25, 0.3) is 0 Å². The highest BCUT2D eigenvalue weighted by atomic mass is 35.5. The molecule has 2 unspecified atom stereocenters. The van der Waals surface area contributed by atoms with Crippen molar-refractivity contribution in [3.63, 3.8) is 0 Å². The first-order valence-corrected chi connectivity index (χ1v) is 11.4. The predicted octanol–water partition coefficient (Wildman–Crippen LogP) is 5.11. The Bertz CT molecular complexity index is 1170. The molecule has 2 aliphatic heterocycles. The third-order valence-corrected chi connectivity index (χ3v) is 7.13. The first kappa shape index (κ1) is 21.1. The van der Waals surface area contributed by atoms with Crippen molar-refractivity contribution in [3.8, 4) is 11.5 Å². The molecule has 0 saturated carbocycles. The number of benzene rings is 3. The van der Waals surface area contributed by atoms with Gasteiger partial charge in [0.2, 0.25) is 0 Å². The Morgan fingerprint density at radius 3 is 2.53 bits per heavy atom. The van der Waals surface area contributed by atoms with Crippen LogP contribution in [0.3, 0.4) is 0 Å². The number of halogens is 1. The molecule has 2 atom stereocenters. The molecule has 2 heterocycles.